The fourth-order valence-electron chi connectivity index (χ4n) is 2.25. The Hall–Kier alpha value is -1.45. The normalized spacial score (nSPS) is 12.4. The molecule has 1 N–H and O–H groups in total. The first kappa shape index (κ1) is 14.9. The van der Waals surface area contributed by atoms with Crippen molar-refractivity contribution in [3.8, 4) is 0 Å². The molecule has 0 spiro atoms. The summed E-state index contributed by atoms with van der Waals surface area (Å²) in [5.41, 5.74) is 1.44. The Morgan fingerprint density at radius 2 is 1.80 bits per heavy atom. The van der Waals surface area contributed by atoms with Crippen molar-refractivity contribution in [1.82, 2.24) is 5.32 Å². The number of halogens is 3. The molecule has 2 aromatic carbocycles. The molecule has 0 heterocycles. The molecule has 2 aromatic rings. The smallest absolute Gasteiger partial charge is 0.126 e. The molecule has 0 aliphatic rings. The number of hydrogen-bond donors (Lipinski definition) is 1. The van der Waals surface area contributed by atoms with E-state index in [1.165, 1.54) is 12.1 Å². The summed E-state index contributed by atoms with van der Waals surface area (Å²) in [6.45, 7) is 0.678. The molecule has 0 saturated carbocycles. The molecule has 0 aliphatic carbocycles. The topological polar surface area (TPSA) is 12.0 Å². The van der Waals surface area contributed by atoms with Gasteiger partial charge >= 0.3 is 0 Å². The molecule has 106 valence electrons. The van der Waals surface area contributed by atoms with Crippen LogP contribution in [0.1, 0.15) is 17.0 Å². The van der Waals surface area contributed by atoms with Gasteiger partial charge in [-0.3, -0.25) is 0 Å². The summed E-state index contributed by atoms with van der Waals surface area (Å²) in [5.74, 6) is -0.726. The Kier molecular flexibility index (Phi) is 5.10. The Labute approximate surface area is 122 Å². The Balaban J connectivity index is 2.25. The molecule has 1 unspecified atom stereocenters. The van der Waals surface area contributed by atoms with E-state index in [0.29, 0.717) is 23.6 Å². The first-order chi connectivity index (χ1) is 9.60. The van der Waals surface area contributed by atoms with Crippen LogP contribution in [0.3, 0.4) is 0 Å². The second kappa shape index (κ2) is 6.82. The van der Waals surface area contributed by atoms with E-state index in [1.807, 2.05) is 31.3 Å². The van der Waals surface area contributed by atoms with Crippen molar-refractivity contribution < 1.29 is 8.78 Å². The molecule has 0 fully saturated rings. The molecule has 1 nitrogen and oxygen atoms in total. The van der Waals surface area contributed by atoms with E-state index in [2.05, 4.69) is 5.32 Å². The number of nitrogens with one attached hydrogen (secondary N) is 1. The summed E-state index contributed by atoms with van der Waals surface area (Å²) in [7, 11) is 1.84. The van der Waals surface area contributed by atoms with Crippen LogP contribution in [0, 0.1) is 11.6 Å². The predicted octanol–water partition coefficient (Wildman–Crippen LogP) is 4.16. The fraction of sp³-hybridized carbons (Fsp3) is 0.250. The van der Waals surface area contributed by atoms with Gasteiger partial charge in [0.1, 0.15) is 11.6 Å². The second-order valence-electron chi connectivity index (χ2n) is 4.75. The second-order valence-corrected chi connectivity index (χ2v) is 5.18. The first-order valence-electron chi connectivity index (χ1n) is 6.44. The molecule has 0 amide bonds. The van der Waals surface area contributed by atoms with E-state index >= 15 is 0 Å². The maximum Gasteiger partial charge on any atom is 0.126 e. The Morgan fingerprint density at radius 1 is 1.10 bits per heavy atom. The van der Waals surface area contributed by atoms with Gasteiger partial charge in [-0.05, 0) is 54.9 Å². The lowest BCUT2D eigenvalue weighted by atomic mass is 9.91. The minimum Gasteiger partial charge on any atom is -0.319 e. The highest BCUT2D eigenvalue weighted by atomic mass is 35.5. The fourth-order valence-corrected chi connectivity index (χ4v) is 2.38. The Morgan fingerprint density at radius 3 is 2.45 bits per heavy atom. The zero-order valence-electron chi connectivity index (χ0n) is 11.2. The van der Waals surface area contributed by atoms with Crippen LogP contribution in [0.2, 0.25) is 5.02 Å². The molecule has 0 saturated heterocycles. The molecule has 1 atom stereocenters. The van der Waals surface area contributed by atoms with Gasteiger partial charge in [-0.25, -0.2) is 8.78 Å². The van der Waals surface area contributed by atoms with Crippen LogP contribution < -0.4 is 5.32 Å². The summed E-state index contributed by atoms with van der Waals surface area (Å²) < 4.78 is 27.0. The minimum atomic E-state index is -0.416. The van der Waals surface area contributed by atoms with Gasteiger partial charge in [-0.15, -0.1) is 0 Å². The van der Waals surface area contributed by atoms with E-state index in [1.54, 1.807) is 0 Å². The number of benzene rings is 2. The van der Waals surface area contributed by atoms with Crippen LogP contribution >= 0.6 is 11.6 Å². The van der Waals surface area contributed by atoms with Crippen molar-refractivity contribution in [2.75, 3.05) is 13.6 Å². The van der Waals surface area contributed by atoms with Crippen LogP contribution in [0.5, 0.6) is 0 Å². The summed E-state index contributed by atoms with van der Waals surface area (Å²) >= 11 is 5.87. The summed E-state index contributed by atoms with van der Waals surface area (Å²) in [5, 5.41) is 3.75. The lowest BCUT2D eigenvalue weighted by Gasteiger charge is -2.18. The van der Waals surface area contributed by atoms with E-state index in [9.17, 15) is 8.78 Å². The number of likely N-dealkylation sites (N-methyl/N-ethyl adjacent to an activating group) is 1. The van der Waals surface area contributed by atoms with Crippen LogP contribution in [0.25, 0.3) is 0 Å². The molecular weight excluding hydrogens is 280 g/mol. The molecule has 4 heteroatoms. The largest absolute Gasteiger partial charge is 0.319 e. The van der Waals surface area contributed by atoms with Crippen LogP contribution in [-0.4, -0.2) is 13.6 Å². The average Bonchev–Trinajstić information content (AvgIpc) is 2.43. The predicted molar refractivity (Wildman–Crippen MR) is 78.2 cm³/mol. The molecule has 0 radical (unpaired) electrons. The maximum atomic E-state index is 13.7. The third kappa shape index (κ3) is 3.78. The van der Waals surface area contributed by atoms with Crippen molar-refractivity contribution in [2.45, 2.75) is 12.3 Å². The van der Waals surface area contributed by atoms with E-state index in [-0.39, 0.29) is 11.7 Å². The SMILES string of the molecule is CNCC(Cc1cc(F)ccc1F)c1ccc(Cl)cc1. The van der Waals surface area contributed by atoms with Crippen molar-refractivity contribution in [3.05, 3.63) is 70.2 Å². The lowest BCUT2D eigenvalue weighted by molar-refractivity contribution is 0.560. The quantitative estimate of drug-likeness (QED) is 0.873. The maximum absolute atomic E-state index is 13.7. The van der Waals surface area contributed by atoms with Gasteiger partial charge in [-0.1, -0.05) is 23.7 Å². The third-order valence-corrected chi connectivity index (χ3v) is 3.52. The standard InChI is InChI=1S/C16H16ClF2N/c1-20-10-13(11-2-4-14(17)5-3-11)8-12-9-15(18)6-7-16(12)19/h2-7,9,13,20H,8,10H2,1H3. The first-order valence-corrected chi connectivity index (χ1v) is 6.82. The van der Waals surface area contributed by atoms with E-state index in [0.717, 1.165) is 11.6 Å². The molecular formula is C16H16ClF2N. The molecule has 0 aliphatic heterocycles. The van der Waals surface area contributed by atoms with Gasteiger partial charge < -0.3 is 5.32 Å². The number of hydrogen-bond acceptors (Lipinski definition) is 1. The average molecular weight is 296 g/mol. The molecule has 20 heavy (non-hydrogen) atoms. The lowest BCUT2D eigenvalue weighted by Crippen LogP contribution is -2.19. The molecule has 0 bridgehead atoms. The monoisotopic (exact) mass is 295 g/mol. The van der Waals surface area contributed by atoms with Crippen LogP contribution in [0.15, 0.2) is 42.5 Å². The van der Waals surface area contributed by atoms with E-state index in [4.69, 9.17) is 11.6 Å². The zero-order valence-corrected chi connectivity index (χ0v) is 11.9. The van der Waals surface area contributed by atoms with Crippen molar-refractivity contribution in [3.63, 3.8) is 0 Å². The minimum absolute atomic E-state index is 0.0635. The van der Waals surface area contributed by atoms with Gasteiger partial charge in [-0.2, -0.15) is 0 Å². The van der Waals surface area contributed by atoms with Gasteiger partial charge in [0, 0.05) is 17.5 Å². The summed E-state index contributed by atoms with van der Waals surface area (Å²) in [6.07, 6.45) is 0.437. The molecule has 0 aromatic heterocycles. The van der Waals surface area contributed by atoms with Gasteiger partial charge in [0.15, 0.2) is 0 Å². The number of rotatable bonds is 5. The highest BCUT2D eigenvalue weighted by Gasteiger charge is 2.14. The Bertz CT molecular complexity index is 569. The van der Waals surface area contributed by atoms with Crippen molar-refractivity contribution in [2.24, 2.45) is 0 Å². The van der Waals surface area contributed by atoms with Crippen molar-refractivity contribution >= 4 is 11.6 Å². The molecule has 2 rings (SSSR count). The van der Waals surface area contributed by atoms with Crippen LogP contribution in [-0.2, 0) is 6.42 Å². The van der Waals surface area contributed by atoms with Crippen LogP contribution in [0.4, 0.5) is 8.78 Å². The van der Waals surface area contributed by atoms with Crippen molar-refractivity contribution in [1.29, 1.82) is 0 Å². The summed E-state index contributed by atoms with van der Waals surface area (Å²) in [6, 6.07) is 11.0. The van der Waals surface area contributed by atoms with Gasteiger partial charge in [0.2, 0.25) is 0 Å². The zero-order chi connectivity index (χ0) is 14.5. The summed E-state index contributed by atoms with van der Waals surface area (Å²) in [4.78, 5) is 0. The highest BCUT2D eigenvalue weighted by molar-refractivity contribution is 6.30. The van der Waals surface area contributed by atoms with Gasteiger partial charge in [0.25, 0.3) is 0 Å². The van der Waals surface area contributed by atoms with Gasteiger partial charge in [0.05, 0.1) is 0 Å². The van der Waals surface area contributed by atoms with E-state index < -0.39 is 5.82 Å². The third-order valence-electron chi connectivity index (χ3n) is 3.27. The highest BCUT2D eigenvalue weighted by Crippen LogP contribution is 2.24.